The third-order valence-electron chi connectivity index (χ3n) is 4.87. The molecule has 6 nitrogen and oxygen atoms in total. The second kappa shape index (κ2) is 6.74. The van der Waals surface area contributed by atoms with Gasteiger partial charge in [0.25, 0.3) is 5.91 Å². The molecule has 1 amide bonds. The Morgan fingerprint density at radius 1 is 1.50 bits per heavy atom. The number of thioether (sulfide) groups is 1. The number of amides is 1. The summed E-state index contributed by atoms with van der Waals surface area (Å²) >= 11 is 1.53. The highest BCUT2D eigenvalue weighted by atomic mass is 32.2. The van der Waals surface area contributed by atoms with Gasteiger partial charge in [0, 0.05) is 25.3 Å². The molecule has 0 aromatic carbocycles. The minimum Gasteiger partial charge on any atom is -0.373 e. The van der Waals surface area contributed by atoms with Gasteiger partial charge in [0.05, 0.1) is 18.2 Å². The Morgan fingerprint density at radius 3 is 3.29 bits per heavy atom. The first-order chi connectivity index (χ1) is 11.8. The fourth-order valence-electron chi connectivity index (χ4n) is 3.62. The molecule has 2 atom stereocenters. The highest BCUT2D eigenvalue weighted by molar-refractivity contribution is 7.98. The SMILES string of the molecule is CSc1nc(C(=O)NCC2CN3CCCC3CO2)c2ccccn12. The maximum Gasteiger partial charge on any atom is 0.272 e. The fraction of sp³-hybridized carbons (Fsp3) is 0.529. The van der Waals surface area contributed by atoms with Crippen LogP contribution < -0.4 is 5.32 Å². The average molecular weight is 346 g/mol. The number of imidazole rings is 1. The van der Waals surface area contributed by atoms with Gasteiger partial charge in [-0.2, -0.15) is 0 Å². The van der Waals surface area contributed by atoms with E-state index in [0.29, 0.717) is 18.3 Å². The lowest BCUT2D eigenvalue weighted by Gasteiger charge is -2.35. The summed E-state index contributed by atoms with van der Waals surface area (Å²) in [5.41, 5.74) is 1.32. The molecular formula is C17H22N4O2S. The highest BCUT2D eigenvalue weighted by Crippen LogP contribution is 2.23. The van der Waals surface area contributed by atoms with Crippen molar-refractivity contribution in [2.24, 2.45) is 0 Å². The van der Waals surface area contributed by atoms with Crippen molar-refractivity contribution >= 4 is 23.2 Å². The number of carbonyl (C=O) groups is 1. The summed E-state index contributed by atoms with van der Waals surface area (Å²) in [5.74, 6) is -0.133. The predicted molar refractivity (Wildman–Crippen MR) is 93.6 cm³/mol. The average Bonchev–Trinajstić information content (AvgIpc) is 3.23. The second-order valence-electron chi connectivity index (χ2n) is 6.36. The van der Waals surface area contributed by atoms with E-state index in [-0.39, 0.29) is 12.0 Å². The van der Waals surface area contributed by atoms with Gasteiger partial charge in [-0.15, -0.1) is 0 Å². The van der Waals surface area contributed by atoms with Crippen molar-refractivity contribution in [3.8, 4) is 0 Å². The summed E-state index contributed by atoms with van der Waals surface area (Å²) in [6, 6.07) is 6.37. The van der Waals surface area contributed by atoms with Gasteiger partial charge in [-0.25, -0.2) is 4.98 Å². The van der Waals surface area contributed by atoms with Gasteiger partial charge in [0.2, 0.25) is 0 Å². The number of hydrogen-bond acceptors (Lipinski definition) is 5. The Bertz CT molecular complexity index is 747. The van der Waals surface area contributed by atoms with E-state index in [1.807, 2.05) is 35.1 Å². The fourth-order valence-corrected chi connectivity index (χ4v) is 4.16. The molecule has 2 aromatic rings. The molecule has 2 aliphatic heterocycles. The van der Waals surface area contributed by atoms with E-state index in [1.54, 1.807) is 0 Å². The van der Waals surface area contributed by atoms with Crippen molar-refractivity contribution in [2.75, 3.05) is 32.5 Å². The van der Waals surface area contributed by atoms with Gasteiger partial charge < -0.3 is 10.1 Å². The molecule has 2 fully saturated rings. The van der Waals surface area contributed by atoms with Crippen LogP contribution in [0.5, 0.6) is 0 Å². The first kappa shape index (κ1) is 15.9. The van der Waals surface area contributed by atoms with E-state index in [2.05, 4.69) is 15.2 Å². The Balaban J connectivity index is 1.43. The van der Waals surface area contributed by atoms with Crippen molar-refractivity contribution in [2.45, 2.75) is 30.1 Å². The zero-order valence-electron chi connectivity index (χ0n) is 13.8. The number of morpholine rings is 1. The number of ether oxygens (including phenoxy) is 1. The highest BCUT2D eigenvalue weighted by Gasteiger charge is 2.32. The maximum absolute atomic E-state index is 12.6. The maximum atomic E-state index is 12.6. The molecule has 1 N–H and O–H groups in total. The van der Waals surface area contributed by atoms with Crippen molar-refractivity contribution in [3.05, 3.63) is 30.1 Å². The lowest BCUT2D eigenvalue weighted by atomic mass is 10.2. The number of aromatic nitrogens is 2. The van der Waals surface area contributed by atoms with E-state index in [4.69, 9.17) is 4.74 Å². The van der Waals surface area contributed by atoms with Crippen LogP contribution in [0.1, 0.15) is 23.3 Å². The summed E-state index contributed by atoms with van der Waals surface area (Å²) in [7, 11) is 0. The van der Waals surface area contributed by atoms with E-state index < -0.39 is 0 Å². The minimum absolute atomic E-state index is 0.0669. The molecule has 4 heterocycles. The predicted octanol–water partition coefficient (Wildman–Crippen LogP) is 1.65. The lowest BCUT2D eigenvalue weighted by molar-refractivity contribution is -0.0461. The Kier molecular flexibility index (Phi) is 4.47. The Morgan fingerprint density at radius 2 is 2.42 bits per heavy atom. The van der Waals surface area contributed by atoms with Gasteiger partial charge in [-0.1, -0.05) is 17.8 Å². The zero-order valence-corrected chi connectivity index (χ0v) is 14.6. The Labute approximate surface area is 145 Å². The molecule has 7 heteroatoms. The van der Waals surface area contributed by atoms with Gasteiger partial charge in [-0.3, -0.25) is 14.1 Å². The van der Waals surface area contributed by atoms with Crippen LogP contribution >= 0.6 is 11.8 Å². The molecule has 2 saturated heterocycles. The lowest BCUT2D eigenvalue weighted by Crippen LogP contribution is -2.50. The van der Waals surface area contributed by atoms with E-state index in [9.17, 15) is 4.79 Å². The monoisotopic (exact) mass is 346 g/mol. The van der Waals surface area contributed by atoms with Crippen LogP contribution in [0.2, 0.25) is 0 Å². The normalized spacial score (nSPS) is 24.2. The smallest absolute Gasteiger partial charge is 0.272 e. The van der Waals surface area contributed by atoms with Crippen LogP contribution in [0.4, 0.5) is 0 Å². The Hall–Kier alpha value is -1.57. The molecule has 2 aliphatic rings. The summed E-state index contributed by atoms with van der Waals surface area (Å²) < 4.78 is 7.86. The number of fused-ring (bicyclic) bond motifs is 2. The molecule has 0 bridgehead atoms. The van der Waals surface area contributed by atoms with Crippen LogP contribution in [0.25, 0.3) is 5.52 Å². The van der Waals surface area contributed by atoms with Gasteiger partial charge in [0.15, 0.2) is 10.9 Å². The minimum atomic E-state index is -0.133. The number of pyridine rings is 1. The molecule has 2 aromatic heterocycles. The topological polar surface area (TPSA) is 58.9 Å². The van der Waals surface area contributed by atoms with Gasteiger partial charge in [-0.05, 0) is 37.8 Å². The molecule has 4 rings (SSSR count). The molecule has 0 spiro atoms. The van der Waals surface area contributed by atoms with Gasteiger partial charge in [0.1, 0.15) is 0 Å². The van der Waals surface area contributed by atoms with Crippen LogP contribution in [0.15, 0.2) is 29.6 Å². The third-order valence-corrected chi connectivity index (χ3v) is 5.52. The number of hydrogen-bond donors (Lipinski definition) is 1. The van der Waals surface area contributed by atoms with Crippen LogP contribution in [-0.2, 0) is 4.74 Å². The first-order valence-electron chi connectivity index (χ1n) is 8.41. The molecule has 0 saturated carbocycles. The largest absolute Gasteiger partial charge is 0.373 e. The quantitative estimate of drug-likeness (QED) is 0.853. The van der Waals surface area contributed by atoms with Crippen LogP contribution in [0.3, 0.4) is 0 Å². The summed E-state index contributed by atoms with van der Waals surface area (Å²) in [4.78, 5) is 19.6. The van der Waals surface area contributed by atoms with E-state index in [0.717, 1.165) is 30.4 Å². The van der Waals surface area contributed by atoms with Crippen molar-refractivity contribution in [3.63, 3.8) is 0 Å². The second-order valence-corrected chi connectivity index (χ2v) is 7.13. The van der Waals surface area contributed by atoms with Gasteiger partial charge >= 0.3 is 0 Å². The molecule has 0 radical (unpaired) electrons. The standard InChI is InChI=1S/C17H22N4O2S/c1-24-17-19-15(14-6-2-3-8-21(14)17)16(22)18-9-13-10-20-7-4-5-12(20)11-23-13/h2-3,6,8,12-13H,4-5,7,9-11H2,1H3,(H,18,22). The van der Waals surface area contributed by atoms with Crippen molar-refractivity contribution in [1.29, 1.82) is 0 Å². The zero-order chi connectivity index (χ0) is 16.5. The van der Waals surface area contributed by atoms with Crippen molar-refractivity contribution in [1.82, 2.24) is 19.6 Å². The van der Waals surface area contributed by atoms with E-state index in [1.165, 1.54) is 24.6 Å². The number of carbonyl (C=O) groups excluding carboxylic acids is 1. The molecule has 2 unspecified atom stereocenters. The number of nitrogens with one attached hydrogen (secondary N) is 1. The summed E-state index contributed by atoms with van der Waals surface area (Å²) in [6.45, 7) is 3.37. The molecule has 24 heavy (non-hydrogen) atoms. The molecular weight excluding hydrogens is 324 g/mol. The summed E-state index contributed by atoms with van der Waals surface area (Å²) in [5, 5.41) is 3.83. The van der Waals surface area contributed by atoms with Crippen LogP contribution in [0, 0.1) is 0 Å². The molecule has 0 aliphatic carbocycles. The first-order valence-corrected chi connectivity index (χ1v) is 9.63. The number of rotatable bonds is 4. The summed E-state index contributed by atoms with van der Waals surface area (Å²) in [6.07, 6.45) is 6.45. The van der Waals surface area contributed by atoms with Crippen molar-refractivity contribution < 1.29 is 9.53 Å². The number of nitrogens with zero attached hydrogens (tertiary/aromatic N) is 3. The van der Waals surface area contributed by atoms with E-state index >= 15 is 0 Å². The van der Waals surface area contributed by atoms with Crippen LogP contribution in [-0.4, -0.2) is 64.8 Å². The molecule has 128 valence electrons. The third kappa shape index (κ3) is 2.92.